The van der Waals surface area contributed by atoms with Gasteiger partial charge in [-0.25, -0.2) is 4.79 Å². The Balaban J connectivity index is 1.45. The molecular formula is C25H22N2O3. The highest BCUT2D eigenvalue weighted by Gasteiger charge is 2.51. The number of benzene rings is 3. The van der Waals surface area contributed by atoms with E-state index in [0.717, 1.165) is 16.8 Å². The van der Waals surface area contributed by atoms with Crippen molar-refractivity contribution in [1.82, 2.24) is 4.90 Å². The van der Waals surface area contributed by atoms with E-state index in [9.17, 15) is 9.59 Å². The van der Waals surface area contributed by atoms with Crippen LogP contribution in [-0.4, -0.2) is 30.1 Å². The summed E-state index contributed by atoms with van der Waals surface area (Å²) in [6, 6.07) is 29.2. The number of anilines is 1. The lowest BCUT2D eigenvalue weighted by Crippen LogP contribution is -2.59. The van der Waals surface area contributed by atoms with E-state index in [2.05, 4.69) is 0 Å². The summed E-state index contributed by atoms with van der Waals surface area (Å²) in [7, 11) is 0. The van der Waals surface area contributed by atoms with Crippen LogP contribution in [0.15, 0.2) is 91.0 Å². The van der Waals surface area contributed by atoms with Crippen molar-refractivity contribution >= 4 is 17.7 Å². The van der Waals surface area contributed by atoms with Crippen molar-refractivity contribution in [3.8, 4) is 0 Å². The molecule has 3 atom stereocenters. The second-order valence-electron chi connectivity index (χ2n) is 7.66. The SMILES string of the molecule is O=C1OC[C@H](c2ccccc2)N1C[C@H]1C(=O)N(c2ccccc2)[C@@H]1c1ccccc1. The molecule has 0 N–H and O–H groups in total. The van der Waals surface area contributed by atoms with E-state index < -0.39 is 0 Å². The number of cyclic esters (lactones) is 1. The first-order chi connectivity index (χ1) is 14.7. The molecule has 3 aromatic carbocycles. The van der Waals surface area contributed by atoms with Gasteiger partial charge in [-0.1, -0.05) is 78.9 Å². The predicted molar refractivity (Wildman–Crippen MR) is 114 cm³/mol. The molecule has 0 radical (unpaired) electrons. The second-order valence-corrected chi connectivity index (χ2v) is 7.66. The number of hydrogen-bond acceptors (Lipinski definition) is 3. The van der Waals surface area contributed by atoms with Gasteiger partial charge in [-0.15, -0.1) is 0 Å². The summed E-state index contributed by atoms with van der Waals surface area (Å²) in [5.41, 5.74) is 2.96. The van der Waals surface area contributed by atoms with E-state index in [-0.39, 0.29) is 30.0 Å². The van der Waals surface area contributed by atoms with E-state index in [4.69, 9.17) is 4.74 Å². The van der Waals surface area contributed by atoms with Crippen LogP contribution < -0.4 is 4.90 Å². The minimum Gasteiger partial charge on any atom is -0.447 e. The Bertz CT molecular complexity index is 1040. The van der Waals surface area contributed by atoms with Crippen LogP contribution >= 0.6 is 0 Å². The molecule has 30 heavy (non-hydrogen) atoms. The summed E-state index contributed by atoms with van der Waals surface area (Å²) in [6.07, 6.45) is -0.360. The first-order valence-electron chi connectivity index (χ1n) is 10.2. The maximum absolute atomic E-state index is 13.2. The highest BCUT2D eigenvalue weighted by Crippen LogP contribution is 2.45. The molecule has 5 heteroatoms. The fourth-order valence-corrected chi connectivity index (χ4v) is 4.45. The summed E-state index contributed by atoms with van der Waals surface area (Å²) in [5.74, 6) is -0.286. The zero-order chi connectivity index (χ0) is 20.5. The van der Waals surface area contributed by atoms with Gasteiger partial charge < -0.3 is 9.64 Å². The molecule has 0 aromatic heterocycles. The number of amides is 2. The Kier molecular flexibility index (Phi) is 4.71. The van der Waals surface area contributed by atoms with Crippen molar-refractivity contribution < 1.29 is 14.3 Å². The molecule has 0 bridgehead atoms. The molecule has 2 heterocycles. The molecule has 3 aromatic rings. The molecule has 2 aliphatic heterocycles. The van der Waals surface area contributed by atoms with Gasteiger partial charge in [-0.2, -0.15) is 0 Å². The Morgan fingerprint density at radius 1 is 0.767 bits per heavy atom. The monoisotopic (exact) mass is 398 g/mol. The van der Waals surface area contributed by atoms with E-state index in [1.807, 2.05) is 95.9 Å². The van der Waals surface area contributed by atoms with Crippen molar-refractivity contribution in [2.75, 3.05) is 18.1 Å². The van der Waals surface area contributed by atoms with Crippen LogP contribution in [0.3, 0.4) is 0 Å². The number of β-lactam (4-membered cyclic amide) rings is 1. The van der Waals surface area contributed by atoms with Crippen LogP contribution in [0.4, 0.5) is 10.5 Å². The number of hydrogen-bond donors (Lipinski definition) is 0. The topological polar surface area (TPSA) is 49.9 Å². The molecule has 0 saturated carbocycles. The molecule has 0 unspecified atom stereocenters. The summed E-state index contributed by atoms with van der Waals surface area (Å²) in [4.78, 5) is 29.3. The van der Waals surface area contributed by atoms with Crippen LogP contribution in [0, 0.1) is 5.92 Å². The van der Waals surface area contributed by atoms with Crippen molar-refractivity contribution in [2.24, 2.45) is 5.92 Å². The Morgan fingerprint density at radius 3 is 1.97 bits per heavy atom. The second kappa shape index (κ2) is 7.67. The lowest BCUT2D eigenvalue weighted by atomic mass is 9.81. The van der Waals surface area contributed by atoms with Crippen LogP contribution in [-0.2, 0) is 9.53 Å². The lowest BCUT2D eigenvalue weighted by Gasteiger charge is -2.48. The normalized spacial score (nSPS) is 23.3. The standard InChI is InChI=1S/C25H22N2O3/c28-24-21(16-26-22(17-30-25(26)29)18-10-4-1-5-11-18)23(19-12-6-2-7-13-19)27(24)20-14-8-3-9-15-20/h1-15,21-23H,16-17H2/t21-,22-,23-/m1/s1. The largest absolute Gasteiger partial charge is 0.447 e. The third-order valence-corrected chi connectivity index (χ3v) is 5.94. The average molecular weight is 398 g/mol. The average Bonchev–Trinajstić information content (AvgIpc) is 3.17. The Morgan fingerprint density at radius 2 is 1.33 bits per heavy atom. The first-order valence-corrected chi connectivity index (χ1v) is 10.2. The van der Waals surface area contributed by atoms with Crippen LogP contribution in [0.2, 0.25) is 0 Å². The van der Waals surface area contributed by atoms with Gasteiger partial charge in [-0.05, 0) is 23.3 Å². The quantitative estimate of drug-likeness (QED) is 0.591. The van der Waals surface area contributed by atoms with Crippen LogP contribution in [0.25, 0.3) is 0 Å². The molecule has 0 spiro atoms. The molecule has 2 aliphatic rings. The lowest BCUT2D eigenvalue weighted by molar-refractivity contribution is -0.131. The van der Waals surface area contributed by atoms with Gasteiger partial charge in [0.05, 0.1) is 18.0 Å². The number of para-hydroxylation sites is 1. The minimum atomic E-state index is -0.360. The van der Waals surface area contributed by atoms with Gasteiger partial charge in [0.15, 0.2) is 0 Å². The molecule has 2 saturated heterocycles. The predicted octanol–water partition coefficient (Wildman–Crippen LogP) is 4.58. The third kappa shape index (κ3) is 3.12. The van der Waals surface area contributed by atoms with E-state index >= 15 is 0 Å². The first kappa shape index (κ1) is 18.4. The Hall–Kier alpha value is -3.60. The van der Waals surface area contributed by atoms with Crippen molar-refractivity contribution in [3.63, 3.8) is 0 Å². The zero-order valence-corrected chi connectivity index (χ0v) is 16.4. The fourth-order valence-electron chi connectivity index (χ4n) is 4.45. The number of carbonyl (C=O) groups is 2. The van der Waals surface area contributed by atoms with Crippen molar-refractivity contribution in [1.29, 1.82) is 0 Å². The maximum Gasteiger partial charge on any atom is 0.410 e. The van der Waals surface area contributed by atoms with Gasteiger partial charge in [-0.3, -0.25) is 9.69 Å². The molecule has 0 aliphatic carbocycles. The minimum absolute atomic E-state index is 0.0292. The molecule has 5 nitrogen and oxygen atoms in total. The number of nitrogens with zero attached hydrogens (tertiary/aromatic N) is 2. The highest BCUT2D eigenvalue weighted by molar-refractivity contribution is 6.03. The van der Waals surface area contributed by atoms with Gasteiger partial charge in [0, 0.05) is 12.2 Å². The van der Waals surface area contributed by atoms with E-state index in [1.54, 1.807) is 4.90 Å². The van der Waals surface area contributed by atoms with Crippen LogP contribution in [0.5, 0.6) is 0 Å². The summed E-state index contributed by atoms with van der Waals surface area (Å²) in [5, 5.41) is 0. The molecular weight excluding hydrogens is 376 g/mol. The zero-order valence-electron chi connectivity index (χ0n) is 16.4. The molecule has 2 amide bonds. The third-order valence-electron chi connectivity index (χ3n) is 5.94. The smallest absolute Gasteiger partial charge is 0.410 e. The summed E-state index contributed by atoms with van der Waals surface area (Å²) >= 11 is 0. The molecule has 5 rings (SSSR count). The molecule has 150 valence electrons. The Labute approximate surface area is 175 Å². The van der Waals surface area contributed by atoms with Crippen molar-refractivity contribution in [2.45, 2.75) is 12.1 Å². The van der Waals surface area contributed by atoms with Gasteiger partial charge in [0.25, 0.3) is 0 Å². The summed E-state index contributed by atoms with van der Waals surface area (Å²) < 4.78 is 5.35. The van der Waals surface area contributed by atoms with E-state index in [0.29, 0.717) is 13.2 Å². The maximum atomic E-state index is 13.2. The highest BCUT2D eigenvalue weighted by atomic mass is 16.6. The van der Waals surface area contributed by atoms with Gasteiger partial charge in [0.2, 0.25) is 5.91 Å². The fraction of sp³-hybridized carbons (Fsp3) is 0.200. The number of carbonyl (C=O) groups excluding carboxylic acids is 2. The van der Waals surface area contributed by atoms with E-state index in [1.165, 1.54) is 0 Å². The van der Waals surface area contributed by atoms with Crippen LogP contribution in [0.1, 0.15) is 23.2 Å². The number of ether oxygens (including phenoxy) is 1. The van der Waals surface area contributed by atoms with Gasteiger partial charge >= 0.3 is 6.09 Å². The number of rotatable bonds is 5. The molecule has 2 fully saturated rings. The van der Waals surface area contributed by atoms with Crippen molar-refractivity contribution in [3.05, 3.63) is 102 Å². The summed E-state index contributed by atoms with van der Waals surface area (Å²) in [6.45, 7) is 0.641. The van der Waals surface area contributed by atoms with Gasteiger partial charge in [0.1, 0.15) is 6.61 Å².